The SMILES string of the molecule is Cc1cc(C)c(C)c(OCC(=O)NCCSCc2ccc(Cl)c(Cl)c2)c1. The number of carbonyl (C=O) groups is 1. The molecule has 0 aliphatic rings. The second-order valence-corrected chi connectivity index (χ2v) is 8.06. The molecule has 0 aromatic heterocycles. The van der Waals surface area contributed by atoms with E-state index in [-0.39, 0.29) is 12.5 Å². The van der Waals surface area contributed by atoms with Crippen molar-refractivity contribution in [3.63, 3.8) is 0 Å². The van der Waals surface area contributed by atoms with E-state index < -0.39 is 0 Å². The third kappa shape index (κ3) is 6.42. The van der Waals surface area contributed by atoms with Crippen molar-refractivity contribution in [1.29, 1.82) is 0 Å². The van der Waals surface area contributed by atoms with Crippen LogP contribution in [-0.4, -0.2) is 24.8 Å². The first kappa shape index (κ1) is 20.9. The lowest BCUT2D eigenvalue weighted by Crippen LogP contribution is -2.30. The minimum absolute atomic E-state index is 0.0290. The van der Waals surface area contributed by atoms with Gasteiger partial charge in [0.15, 0.2) is 6.61 Å². The minimum atomic E-state index is -0.112. The van der Waals surface area contributed by atoms with E-state index in [1.165, 1.54) is 5.56 Å². The summed E-state index contributed by atoms with van der Waals surface area (Å²) in [7, 11) is 0. The third-order valence-electron chi connectivity index (χ3n) is 3.94. The zero-order valence-corrected chi connectivity index (χ0v) is 17.5. The molecule has 2 aromatic carbocycles. The Morgan fingerprint density at radius 1 is 1.12 bits per heavy atom. The van der Waals surface area contributed by atoms with Crippen molar-refractivity contribution in [2.24, 2.45) is 0 Å². The average Bonchev–Trinajstić information content (AvgIpc) is 2.59. The number of ether oxygens (including phenoxy) is 1. The summed E-state index contributed by atoms with van der Waals surface area (Å²) in [6, 6.07) is 9.69. The second kappa shape index (κ2) is 10.1. The Bertz CT molecular complexity index is 781. The van der Waals surface area contributed by atoms with E-state index in [4.69, 9.17) is 27.9 Å². The lowest BCUT2D eigenvalue weighted by molar-refractivity contribution is -0.122. The molecule has 0 radical (unpaired) electrons. The van der Waals surface area contributed by atoms with Crippen LogP contribution in [-0.2, 0) is 10.5 Å². The van der Waals surface area contributed by atoms with Crippen LogP contribution in [0, 0.1) is 20.8 Å². The molecule has 6 heteroatoms. The fourth-order valence-electron chi connectivity index (χ4n) is 2.43. The topological polar surface area (TPSA) is 38.3 Å². The van der Waals surface area contributed by atoms with Crippen molar-refractivity contribution in [3.8, 4) is 5.75 Å². The largest absolute Gasteiger partial charge is 0.483 e. The summed E-state index contributed by atoms with van der Waals surface area (Å²) >= 11 is 13.6. The number of thioether (sulfide) groups is 1. The van der Waals surface area contributed by atoms with Crippen LogP contribution in [0.2, 0.25) is 10.0 Å². The number of halogens is 2. The monoisotopic (exact) mass is 411 g/mol. The van der Waals surface area contributed by atoms with Crippen LogP contribution in [0.1, 0.15) is 22.3 Å². The molecule has 0 saturated carbocycles. The highest BCUT2D eigenvalue weighted by atomic mass is 35.5. The number of benzene rings is 2. The molecule has 1 amide bonds. The van der Waals surface area contributed by atoms with E-state index in [0.29, 0.717) is 16.6 Å². The molecule has 0 fully saturated rings. The zero-order chi connectivity index (χ0) is 19.1. The molecular weight excluding hydrogens is 389 g/mol. The predicted octanol–water partition coefficient (Wildman–Crippen LogP) is 5.35. The molecular formula is C20H23Cl2NO2S. The van der Waals surface area contributed by atoms with Crippen molar-refractivity contribution < 1.29 is 9.53 Å². The first-order valence-electron chi connectivity index (χ1n) is 8.36. The van der Waals surface area contributed by atoms with Gasteiger partial charge in [-0.25, -0.2) is 0 Å². The van der Waals surface area contributed by atoms with Gasteiger partial charge in [-0.1, -0.05) is 35.3 Å². The number of nitrogens with one attached hydrogen (secondary N) is 1. The highest BCUT2D eigenvalue weighted by Crippen LogP contribution is 2.25. The molecule has 26 heavy (non-hydrogen) atoms. The van der Waals surface area contributed by atoms with E-state index >= 15 is 0 Å². The molecule has 0 spiro atoms. The smallest absolute Gasteiger partial charge is 0.257 e. The van der Waals surface area contributed by atoms with Crippen molar-refractivity contribution in [1.82, 2.24) is 5.32 Å². The van der Waals surface area contributed by atoms with Crippen LogP contribution in [0.15, 0.2) is 30.3 Å². The Kier molecular flexibility index (Phi) is 8.14. The second-order valence-electron chi connectivity index (χ2n) is 6.14. The molecule has 0 aliphatic carbocycles. The highest BCUT2D eigenvalue weighted by molar-refractivity contribution is 7.98. The normalized spacial score (nSPS) is 10.7. The first-order valence-corrected chi connectivity index (χ1v) is 10.3. The Labute approximate surface area is 169 Å². The van der Waals surface area contributed by atoms with Crippen LogP contribution >= 0.6 is 35.0 Å². The maximum Gasteiger partial charge on any atom is 0.257 e. The maximum atomic E-state index is 11.9. The van der Waals surface area contributed by atoms with Gasteiger partial charge >= 0.3 is 0 Å². The Morgan fingerprint density at radius 3 is 2.62 bits per heavy atom. The Balaban J connectivity index is 1.67. The lowest BCUT2D eigenvalue weighted by atomic mass is 10.1. The fourth-order valence-corrected chi connectivity index (χ4v) is 3.55. The summed E-state index contributed by atoms with van der Waals surface area (Å²) in [6.07, 6.45) is 0. The summed E-state index contributed by atoms with van der Waals surface area (Å²) < 4.78 is 5.66. The van der Waals surface area contributed by atoms with Crippen molar-refractivity contribution in [2.75, 3.05) is 18.9 Å². The number of amides is 1. The molecule has 140 valence electrons. The van der Waals surface area contributed by atoms with Crippen LogP contribution in [0.3, 0.4) is 0 Å². The van der Waals surface area contributed by atoms with Crippen LogP contribution in [0.5, 0.6) is 5.75 Å². The predicted molar refractivity (Wildman–Crippen MR) is 112 cm³/mol. The van der Waals surface area contributed by atoms with Crippen LogP contribution in [0.4, 0.5) is 0 Å². The number of hydrogen-bond acceptors (Lipinski definition) is 3. The van der Waals surface area contributed by atoms with E-state index in [9.17, 15) is 4.79 Å². The number of aryl methyl sites for hydroxylation is 2. The quantitative estimate of drug-likeness (QED) is 0.595. The van der Waals surface area contributed by atoms with E-state index in [1.807, 2.05) is 39.0 Å². The zero-order valence-electron chi connectivity index (χ0n) is 15.2. The van der Waals surface area contributed by atoms with Crippen LogP contribution in [0.25, 0.3) is 0 Å². The molecule has 1 N–H and O–H groups in total. The van der Waals surface area contributed by atoms with Crippen LogP contribution < -0.4 is 10.1 Å². The average molecular weight is 412 g/mol. The van der Waals surface area contributed by atoms with E-state index in [1.54, 1.807) is 17.8 Å². The maximum absolute atomic E-state index is 11.9. The summed E-state index contributed by atoms with van der Waals surface area (Å²) in [5.41, 5.74) is 4.48. The molecule has 0 bridgehead atoms. The van der Waals surface area contributed by atoms with Gasteiger partial charge in [0, 0.05) is 18.1 Å². The Hall–Kier alpha value is -1.36. The first-order chi connectivity index (χ1) is 12.4. The number of hydrogen-bond donors (Lipinski definition) is 1. The number of carbonyl (C=O) groups excluding carboxylic acids is 1. The van der Waals surface area contributed by atoms with Gasteiger partial charge in [-0.15, -0.1) is 0 Å². The van der Waals surface area contributed by atoms with Gasteiger partial charge in [-0.2, -0.15) is 11.8 Å². The third-order valence-corrected chi connectivity index (χ3v) is 5.71. The molecule has 0 atom stereocenters. The summed E-state index contributed by atoms with van der Waals surface area (Å²) in [6.45, 7) is 6.69. The van der Waals surface area contributed by atoms with Gasteiger partial charge < -0.3 is 10.1 Å². The molecule has 3 nitrogen and oxygen atoms in total. The Morgan fingerprint density at radius 2 is 1.88 bits per heavy atom. The van der Waals surface area contributed by atoms with Gasteiger partial charge in [0.05, 0.1) is 10.0 Å². The van der Waals surface area contributed by atoms with Gasteiger partial charge in [0.25, 0.3) is 5.91 Å². The van der Waals surface area contributed by atoms with Gasteiger partial charge in [-0.3, -0.25) is 4.79 Å². The van der Waals surface area contributed by atoms with Crippen molar-refractivity contribution in [3.05, 3.63) is 62.6 Å². The summed E-state index contributed by atoms with van der Waals surface area (Å²) in [5.74, 6) is 2.30. The molecule has 0 aliphatic heterocycles. The molecule has 2 rings (SSSR count). The summed E-state index contributed by atoms with van der Waals surface area (Å²) in [4.78, 5) is 11.9. The van der Waals surface area contributed by atoms with Crippen molar-refractivity contribution in [2.45, 2.75) is 26.5 Å². The van der Waals surface area contributed by atoms with E-state index in [0.717, 1.165) is 33.9 Å². The standard InChI is InChI=1S/C20H23Cl2NO2S/c1-13-8-14(2)15(3)19(9-13)25-11-20(24)23-6-7-26-12-16-4-5-17(21)18(22)10-16/h4-5,8-10H,6-7,11-12H2,1-3H3,(H,23,24). The highest BCUT2D eigenvalue weighted by Gasteiger charge is 2.07. The minimum Gasteiger partial charge on any atom is -0.483 e. The van der Waals surface area contributed by atoms with Gasteiger partial charge in [-0.05, 0) is 61.2 Å². The van der Waals surface area contributed by atoms with E-state index in [2.05, 4.69) is 11.4 Å². The number of rotatable bonds is 8. The molecule has 2 aromatic rings. The van der Waals surface area contributed by atoms with Crippen molar-refractivity contribution >= 4 is 40.9 Å². The fraction of sp³-hybridized carbons (Fsp3) is 0.350. The molecule has 0 saturated heterocycles. The molecule has 0 unspecified atom stereocenters. The lowest BCUT2D eigenvalue weighted by Gasteiger charge is -2.12. The summed E-state index contributed by atoms with van der Waals surface area (Å²) in [5, 5.41) is 4.00. The molecule has 0 heterocycles. The van der Waals surface area contributed by atoms with Gasteiger partial charge in [0.2, 0.25) is 0 Å². The van der Waals surface area contributed by atoms with Gasteiger partial charge in [0.1, 0.15) is 5.75 Å².